The molecule has 1 aliphatic rings. The first-order chi connectivity index (χ1) is 18.5. The number of carbonyl (C=O) groups excluding carboxylic acids is 2. The number of carboxylic acid groups (broad SMARTS) is 1. The minimum absolute atomic E-state index is 0.222. The summed E-state index contributed by atoms with van der Waals surface area (Å²) in [7, 11) is 0. The van der Waals surface area contributed by atoms with Gasteiger partial charge in [-0.2, -0.15) is 0 Å². The highest BCUT2D eigenvalue weighted by atomic mass is 32.1. The van der Waals surface area contributed by atoms with Gasteiger partial charge in [0, 0.05) is 24.4 Å². The number of rotatable bonds is 8. The van der Waals surface area contributed by atoms with Crippen LogP contribution >= 0.6 is 11.3 Å². The van der Waals surface area contributed by atoms with Crippen molar-refractivity contribution in [3.63, 3.8) is 0 Å². The normalized spacial score (nSPS) is 15.8. The molecule has 0 bridgehead atoms. The summed E-state index contributed by atoms with van der Waals surface area (Å²) in [5.74, 6) is -1.07. The summed E-state index contributed by atoms with van der Waals surface area (Å²) in [6.45, 7) is 5.93. The molecule has 0 radical (unpaired) electrons. The molecule has 0 aliphatic carbocycles. The average Bonchev–Trinajstić information content (AvgIpc) is 3.41. The molecule has 1 unspecified atom stereocenters. The maximum absolute atomic E-state index is 13.5. The molecule has 1 saturated heterocycles. The van der Waals surface area contributed by atoms with Crippen molar-refractivity contribution in [1.29, 1.82) is 0 Å². The van der Waals surface area contributed by atoms with Crippen molar-refractivity contribution in [2.45, 2.75) is 58.1 Å². The summed E-state index contributed by atoms with van der Waals surface area (Å²) in [5, 5.41) is 14.9. The lowest BCUT2D eigenvalue weighted by atomic mass is 9.73. The minimum Gasteiger partial charge on any atom is -0.481 e. The number of benzene rings is 2. The molecule has 0 spiro atoms. The van der Waals surface area contributed by atoms with Crippen LogP contribution in [0.4, 0.5) is 4.79 Å². The van der Waals surface area contributed by atoms with Gasteiger partial charge in [0.1, 0.15) is 11.6 Å². The van der Waals surface area contributed by atoms with Gasteiger partial charge in [0.2, 0.25) is 5.91 Å². The van der Waals surface area contributed by atoms with Gasteiger partial charge in [-0.1, -0.05) is 60.7 Å². The summed E-state index contributed by atoms with van der Waals surface area (Å²) in [6, 6.07) is 21.1. The number of piperidine rings is 1. The number of aliphatic carboxylic acids is 1. The van der Waals surface area contributed by atoms with Gasteiger partial charge in [0.15, 0.2) is 0 Å². The Balaban J connectivity index is 1.43. The zero-order valence-electron chi connectivity index (χ0n) is 22.7. The lowest BCUT2D eigenvalue weighted by Crippen LogP contribution is -2.54. The van der Waals surface area contributed by atoms with Crippen LogP contribution in [-0.4, -0.2) is 52.7 Å². The predicted molar refractivity (Wildman–Crippen MR) is 153 cm³/mol. The van der Waals surface area contributed by atoms with Gasteiger partial charge in [-0.05, 0) is 68.2 Å². The van der Waals surface area contributed by atoms with E-state index in [0.29, 0.717) is 38.8 Å². The van der Waals surface area contributed by atoms with Gasteiger partial charge in [-0.15, -0.1) is 11.3 Å². The van der Waals surface area contributed by atoms with E-state index in [1.165, 1.54) is 11.3 Å². The van der Waals surface area contributed by atoms with Gasteiger partial charge in [0.05, 0.1) is 5.41 Å². The van der Waals surface area contributed by atoms with Gasteiger partial charge in [-0.3, -0.25) is 9.59 Å². The minimum atomic E-state index is -0.952. The van der Waals surface area contributed by atoms with Crippen molar-refractivity contribution >= 4 is 29.3 Å². The van der Waals surface area contributed by atoms with Crippen molar-refractivity contribution in [3.8, 4) is 11.1 Å². The van der Waals surface area contributed by atoms with Crippen LogP contribution in [0.1, 0.15) is 44.1 Å². The van der Waals surface area contributed by atoms with Crippen molar-refractivity contribution in [2.75, 3.05) is 13.1 Å². The first-order valence-corrected chi connectivity index (χ1v) is 14.1. The number of carboxylic acids is 1. The fourth-order valence-electron chi connectivity index (χ4n) is 4.96. The molecule has 8 heteroatoms. The standard InChI is InChI=1S/C31H36N2O5S/c1-30(2,3)38-29(37)32-26(20-25-10-7-19-39-25)27(34)33-17-15-31(16-18-33,28(35)36)21-22-11-13-24(14-12-22)23-8-5-4-6-9-23/h4-14,19,26H,15-18,20-21H2,1-3H3,(H,32,37)(H,35,36). The van der Waals surface area contributed by atoms with Crippen LogP contribution < -0.4 is 5.32 Å². The molecule has 2 aromatic carbocycles. The second-order valence-corrected chi connectivity index (χ2v) is 12.2. The maximum atomic E-state index is 13.5. The summed E-state index contributed by atoms with van der Waals surface area (Å²) < 4.78 is 5.40. The number of thiophene rings is 1. The molecule has 206 valence electrons. The van der Waals surface area contributed by atoms with E-state index in [1.54, 1.807) is 25.7 Å². The van der Waals surface area contributed by atoms with Crippen LogP contribution in [0, 0.1) is 5.41 Å². The highest BCUT2D eigenvalue weighted by Gasteiger charge is 2.43. The van der Waals surface area contributed by atoms with E-state index in [2.05, 4.69) is 5.32 Å². The largest absolute Gasteiger partial charge is 0.481 e. The molecule has 4 rings (SSSR count). The number of amides is 2. The fraction of sp³-hybridized carbons (Fsp3) is 0.387. The molecule has 39 heavy (non-hydrogen) atoms. The molecule has 2 N–H and O–H groups in total. The Kier molecular flexibility index (Phi) is 8.75. The lowest BCUT2D eigenvalue weighted by molar-refractivity contribution is -0.154. The Bertz CT molecular complexity index is 1260. The Hall–Kier alpha value is -3.65. The number of hydrogen-bond donors (Lipinski definition) is 2. The average molecular weight is 549 g/mol. The predicted octanol–water partition coefficient (Wildman–Crippen LogP) is 5.79. The molecule has 3 aromatic rings. The molecule has 1 aliphatic heterocycles. The number of hydrogen-bond acceptors (Lipinski definition) is 5. The van der Waals surface area contributed by atoms with E-state index < -0.39 is 29.1 Å². The molecule has 1 atom stereocenters. The van der Waals surface area contributed by atoms with Crippen LogP contribution in [0.2, 0.25) is 0 Å². The van der Waals surface area contributed by atoms with Crippen LogP contribution in [0.5, 0.6) is 0 Å². The van der Waals surface area contributed by atoms with Crippen LogP contribution in [0.3, 0.4) is 0 Å². The van der Waals surface area contributed by atoms with Crippen molar-refractivity contribution in [1.82, 2.24) is 10.2 Å². The fourth-order valence-corrected chi connectivity index (χ4v) is 5.71. The summed E-state index contributed by atoms with van der Waals surface area (Å²) in [4.78, 5) is 41.2. The van der Waals surface area contributed by atoms with Crippen molar-refractivity contribution in [2.24, 2.45) is 5.41 Å². The monoisotopic (exact) mass is 548 g/mol. The van der Waals surface area contributed by atoms with E-state index in [9.17, 15) is 19.5 Å². The summed E-state index contributed by atoms with van der Waals surface area (Å²) in [6.07, 6.45) is 0.783. The Morgan fingerprint density at radius 2 is 1.62 bits per heavy atom. The smallest absolute Gasteiger partial charge is 0.408 e. The highest BCUT2D eigenvalue weighted by Crippen LogP contribution is 2.36. The molecule has 1 aromatic heterocycles. The quantitative estimate of drug-likeness (QED) is 0.372. The van der Waals surface area contributed by atoms with E-state index in [-0.39, 0.29) is 5.91 Å². The molecular formula is C31H36N2O5S. The molecule has 2 amide bonds. The van der Waals surface area contributed by atoms with Gasteiger partial charge in [0.25, 0.3) is 0 Å². The zero-order chi connectivity index (χ0) is 28.0. The summed E-state index contributed by atoms with van der Waals surface area (Å²) in [5.41, 5.74) is 1.51. The third kappa shape index (κ3) is 7.47. The van der Waals surface area contributed by atoms with Crippen molar-refractivity contribution in [3.05, 3.63) is 82.6 Å². The lowest BCUT2D eigenvalue weighted by Gasteiger charge is -2.40. The van der Waals surface area contributed by atoms with Crippen LogP contribution in [0.25, 0.3) is 11.1 Å². The SMILES string of the molecule is CC(C)(C)OC(=O)NC(Cc1cccs1)C(=O)N1CCC(Cc2ccc(-c3ccccc3)cc2)(C(=O)O)CC1. The Morgan fingerprint density at radius 3 is 2.18 bits per heavy atom. The number of carbonyl (C=O) groups is 3. The van der Waals surface area contributed by atoms with Crippen LogP contribution in [-0.2, 0) is 27.2 Å². The number of ether oxygens (including phenoxy) is 1. The molecule has 0 saturated carbocycles. The molecular weight excluding hydrogens is 512 g/mol. The van der Waals surface area contributed by atoms with Gasteiger partial charge < -0.3 is 20.1 Å². The second-order valence-electron chi connectivity index (χ2n) is 11.1. The topological polar surface area (TPSA) is 95.9 Å². The van der Waals surface area contributed by atoms with E-state index in [0.717, 1.165) is 21.6 Å². The highest BCUT2D eigenvalue weighted by molar-refractivity contribution is 7.09. The van der Waals surface area contributed by atoms with Gasteiger partial charge >= 0.3 is 12.1 Å². The number of likely N-dealkylation sites (tertiary alicyclic amines) is 1. The Labute approximate surface area is 233 Å². The van der Waals surface area contributed by atoms with E-state index >= 15 is 0 Å². The summed E-state index contributed by atoms with van der Waals surface area (Å²) >= 11 is 1.52. The molecule has 1 fully saturated rings. The van der Waals surface area contributed by atoms with Crippen LogP contribution in [0.15, 0.2) is 72.1 Å². The van der Waals surface area contributed by atoms with E-state index in [1.807, 2.05) is 72.1 Å². The number of nitrogens with zero attached hydrogens (tertiary/aromatic N) is 1. The Morgan fingerprint density at radius 1 is 0.974 bits per heavy atom. The first-order valence-electron chi connectivity index (χ1n) is 13.2. The van der Waals surface area contributed by atoms with Gasteiger partial charge in [-0.25, -0.2) is 4.79 Å². The van der Waals surface area contributed by atoms with E-state index in [4.69, 9.17) is 4.74 Å². The van der Waals surface area contributed by atoms with Crippen molar-refractivity contribution < 1.29 is 24.2 Å². The number of nitrogens with one attached hydrogen (secondary N) is 1. The first kappa shape index (κ1) is 28.4. The molecule has 2 heterocycles. The third-order valence-corrected chi connectivity index (χ3v) is 7.96. The maximum Gasteiger partial charge on any atom is 0.408 e. The number of alkyl carbamates (subject to hydrolysis) is 1. The third-order valence-electron chi connectivity index (χ3n) is 7.06. The zero-order valence-corrected chi connectivity index (χ0v) is 23.5. The second kappa shape index (κ2) is 12.0. The molecule has 7 nitrogen and oxygen atoms in total.